The quantitative estimate of drug-likeness (QED) is 0.524. The highest BCUT2D eigenvalue weighted by atomic mass is 16.2. The van der Waals surface area contributed by atoms with Crippen LogP contribution in [-0.4, -0.2) is 70.6 Å². The molecule has 1 aliphatic heterocycles. The monoisotopic (exact) mass is 494 g/mol. The maximum absolute atomic E-state index is 12.9. The standard InChI is InChI=1S/C23H30N8O.2C2H6/c1-29(2)22(32)19-13-16-14-26-23(28-21(16)31(19)17-5-3-4-6-17)27-20-8-7-18(15-25-20)30-11-9-24-10-12-30;2*1-2/h7-8,13-15,17,24H,3-6,9-12H2,1-2H3,(H,25,26,27,28);2*1-2H3. The number of amides is 1. The second-order valence-corrected chi connectivity index (χ2v) is 8.77. The molecule has 0 bridgehead atoms. The van der Waals surface area contributed by atoms with Gasteiger partial charge >= 0.3 is 0 Å². The Morgan fingerprint density at radius 1 is 1.03 bits per heavy atom. The van der Waals surface area contributed by atoms with E-state index in [9.17, 15) is 4.79 Å². The van der Waals surface area contributed by atoms with Crippen molar-refractivity contribution in [1.29, 1.82) is 0 Å². The summed E-state index contributed by atoms with van der Waals surface area (Å²) < 4.78 is 2.12. The molecule has 9 nitrogen and oxygen atoms in total. The Morgan fingerprint density at radius 2 is 1.72 bits per heavy atom. The van der Waals surface area contributed by atoms with Gasteiger partial charge in [-0.1, -0.05) is 40.5 Å². The molecular formula is C27H42N8O. The van der Waals surface area contributed by atoms with Crippen molar-refractivity contribution >= 4 is 34.4 Å². The van der Waals surface area contributed by atoms with Gasteiger partial charge in [0.2, 0.25) is 5.95 Å². The largest absolute Gasteiger partial charge is 0.368 e. The summed E-state index contributed by atoms with van der Waals surface area (Å²) in [6.45, 7) is 12.0. The van der Waals surface area contributed by atoms with Crippen LogP contribution >= 0.6 is 0 Å². The Morgan fingerprint density at radius 3 is 2.33 bits per heavy atom. The summed E-state index contributed by atoms with van der Waals surface area (Å²) in [4.78, 5) is 30.6. The summed E-state index contributed by atoms with van der Waals surface area (Å²) in [6, 6.07) is 6.25. The average Bonchev–Trinajstić information content (AvgIpc) is 3.59. The molecule has 9 heteroatoms. The number of pyridine rings is 1. The number of carbonyl (C=O) groups excluding carboxylic acids is 1. The zero-order valence-corrected chi connectivity index (χ0v) is 22.7. The summed E-state index contributed by atoms with van der Waals surface area (Å²) in [6.07, 6.45) is 8.18. The smallest absolute Gasteiger partial charge is 0.270 e. The third kappa shape index (κ3) is 6.13. The minimum atomic E-state index is -0.00502. The van der Waals surface area contributed by atoms with Gasteiger partial charge in [0.05, 0.1) is 11.9 Å². The van der Waals surface area contributed by atoms with Gasteiger partial charge in [-0.3, -0.25) is 4.79 Å². The van der Waals surface area contributed by atoms with E-state index in [4.69, 9.17) is 4.98 Å². The van der Waals surface area contributed by atoms with Crippen LogP contribution in [0.25, 0.3) is 11.0 Å². The van der Waals surface area contributed by atoms with Gasteiger partial charge in [0.1, 0.15) is 17.2 Å². The Bertz CT molecular complexity index is 1100. The van der Waals surface area contributed by atoms with Gasteiger partial charge in [-0.15, -0.1) is 0 Å². The van der Waals surface area contributed by atoms with E-state index in [1.165, 1.54) is 12.8 Å². The molecule has 0 spiro atoms. The van der Waals surface area contributed by atoms with Crippen molar-refractivity contribution < 1.29 is 4.79 Å². The summed E-state index contributed by atoms with van der Waals surface area (Å²) in [5.41, 5.74) is 2.61. The summed E-state index contributed by atoms with van der Waals surface area (Å²) in [7, 11) is 3.57. The van der Waals surface area contributed by atoms with E-state index in [1.807, 2.05) is 46.0 Å². The van der Waals surface area contributed by atoms with Crippen LogP contribution in [0, 0.1) is 0 Å². The fraction of sp³-hybridized carbons (Fsp3) is 0.556. The molecule has 2 N–H and O–H groups in total. The molecule has 2 fully saturated rings. The number of anilines is 3. The molecule has 3 aromatic rings. The first-order valence-corrected chi connectivity index (χ1v) is 13.4. The molecule has 1 saturated heterocycles. The second-order valence-electron chi connectivity index (χ2n) is 8.77. The zero-order valence-electron chi connectivity index (χ0n) is 22.7. The number of fused-ring (bicyclic) bond motifs is 1. The van der Waals surface area contributed by atoms with E-state index in [0.29, 0.717) is 23.5 Å². The van der Waals surface area contributed by atoms with Crippen LogP contribution in [0.15, 0.2) is 30.6 Å². The third-order valence-corrected chi connectivity index (χ3v) is 6.36. The van der Waals surface area contributed by atoms with Gasteiger partial charge in [0.15, 0.2) is 0 Å². The fourth-order valence-electron chi connectivity index (χ4n) is 4.68. The molecule has 0 aromatic carbocycles. The van der Waals surface area contributed by atoms with Gasteiger partial charge in [0, 0.05) is 57.9 Å². The van der Waals surface area contributed by atoms with Gasteiger partial charge in [-0.05, 0) is 31.0 Å². The minimum absolute atomic E-state index is 0.00502. The topological polar surface area (TPSA) is 91.2 Å². The van der Waals surface area contributed by atoms with Crippen molar-refractivity contribution in [2.75, 3.05) is 50.5 Å². The molecule has 5 rings (SSSR count). The molecule has 3 aromatic heterocycles. The molecule has 0 unspecified atom stereocenters. The number of nitrogens with one attached hydrogen (secondary N) is 2. The lowest BCUT2D eigenvalue weighted by Gasteiger charge is -2.29. The fourth-order valence-corrected chi connectivity index (χ4v) is 4.68. The molecule has 36 heavy (non-hydrogen) atoms. The van der Waals surface area contributed by atoms with Crippen molar-refractivity contribution in [1.82, 2.24) is 29.7 Å². The maximum Gasteiger partial charge on any atom is 0.270 e. The summed E-state index contributed by atoms with van der Waals surface area (Å²) in [5.74, 6) is 1.18. The number of hydrogen-bond acceptors (Lipinski definition) is 7. The lowest BCUT2D eigenvalue weighted by atomic mass is 10.2. The lowest BCUT2D eigenvalue weighted by molar-refractivity contribution is 0.0815. The van der Waals surface area contributed by atoms with Gasteiger partial charge < -0.3 is 25.0 Å². The van der Waals surface area contributed by atoms with E-state index in [2.05, 4.69) is 36.1 Å². The van der Waals surface area contributed by atoms with Crippen LogP contribution in [0.5, 0.6) is 0 Å². The van der Waals surface area contributed by atoms with Crippen LogP contribution in [0.4, 0.5) is 17.5 Å². The minimum Gasteiger partial charge on any atom is -0.368 e. The van der Waals surface area contributed by atoms with Crippen LogP contribution in [0.2, 0.25) is 0 Å². The van der Waals surface area contributed by atoms with Crippen molar-refractivity contribution in [3.63, 3.8) is 0 Å². The highest BCUT2D eigenvalue weighted by Crippen LogP contribution is 2.35. The Labute approximate surface area is 215 Å². The van der Waals surface area contributed by atoms with E-state index in [0.717, 1.165) is 55.7 Å². The van der Waals surface area contributed by atoms with Crippen LogP contribution in [-0.2, 0) is 0 Å². The molecular weight excluding hydrogens is 452 g/mol. The van der Waals surface area contributed by atoms with E-state index >= 15 is 0 Å². The van der Waals surface area contributed by atoms with Crippen molar-refractivity contribution in [3.8, 4) is 0 Å². The average molecular weight is 495 g/mol. The molecule has 1 aliphatic carbocycles. The van der Waals surface area contributed by atoms with Gasteiger partial charge in [-0.25, -0.2) is 9.97 Å². The second kappa shape index (κ2) is 13.2. The first-order chi connectivity index (χ1) is 17.6. The van der Waals surface area contributed by atoms with E-state index < -0.39 is 0 Å². The Kier molecular flexibility index (Phi) is 10.0. The van der Waals surface area contributed by atoms with Crippen LogP contribution < -0.4 is 15.5 Å². The van der Waals surface area contributed by atoms with Crippen molar-refractivity contribution in [3.05, 3.63) is 36.3 Å². The molecule has 0 radical (unpaired) electrons. The SMILES string of the molecule is CC.CC.CN(C)C(=O)c1cc2cnc(Nc3ccc(N4CCNCC4)cn3)nc2n1C1CCCC1. The molecule has 0 atom stereocenters. The first kappa shape index (κ1) is 27.4. The number of piperazine rings is 1. The van der Waals surface area contributed by atoms with Gasteiger partial charge in [-0.2, -0.15) is 4.98 Å². The third-order valence-electron chi connectivity index (χ3n) is 6.36. The van der Waals surface area contributed by atoms with Crippen molar-refractivity contribution in [2.24, 2.45) is 0 Å². The van der Waals surface area contributed by atoms with Crippen molar-refractivity contribution in [2.45, 2.75) is 59.4 Å². The maximum atomic E-state index is 12.9. The summed E-state index contributed by atoms with van der Waals surface area (Å²) in [5, 5.41) is 7.48. The lowest BCUT2D eigenvalue weighted by Crippen LogP contribution is -2.43. The number of hydrogen-bond donors (Lipinski definition) is 2. The van der Waals surface area contributed by atoms with E-state index in [-0.39, 0.29) is 5.91 Å². The predicted octanol–water partition coefficient (Wildman–Crippen LogP) is 4.85. The number of carbonyl (C=O) groups is 1. The van der Waals surface area contributed by atoms with Crippen LogP contribution in [0.3, 0.4) is 0 Å². The molecule has 2 aliphatic rings. The van der Waals surface area contributed by atoms with Gasteiger partial charge in [0.25, 0.3) is 5.91 Å². The number of nitrogens with zero attached hydrogens (tertiary/aromatic N) is 6. The highest BCUT2D eigenvalue weighted by Gasteiger charge is 2.26. The first-order valence-electron chi connectivity index (χ1n) is 13.4. The Hall–Kier alpha value is -3.20. The highest BCUT2D eigenvalue weighted by molar-refractivity contribution is 5.97. The molecule has 1 saturated carbocycles. The van der Waals surface area contributed by atoms with Crippen LogP contribution in [0.1, 0.15) is 69.9 Å². The molecule has 1 amide bonds. The normalized spacial score (nSPS) is 15.6. The summed E-state index contributed by atoms with van der Waals surface area (Å²) >= 11 is 0. The molecule has 4 heterocycles. The zero-order chi connectivity index (χ0) is 26.1. The number of aromatic nitrogens is 4. The van der Waals surface area contributed by atoms with E-state index in [1.54, 1.807) is 25.2 Å². The molecule has 196 valence electrons. The predicted molar refractivity (Wildman–Crippen MR) is 148 cm³/mol. The number of rotatable bonds is 5. The Balaban J connectivity index is 0.000000861.